The second-order valence-electron chi connectivity index (χ2n) is 4.16. The van der Waals surface area contributed by atoms with E-state index in [4.69, 9.17) is 4.74 Å². The second kappa shape index (κ2) is 2.99. The van der Waals surface area contributed by atoms with Gasteiger partial charge in [-0.15, -0.1) is 0 Å². The summed E-state index contributed by atoms with van der Waals surface area (Å²) in [5, 5.41) is 3.34. The molecule has 2 atom stereocenters. The number of ether oxygens (including phenoxy) is 1. The van der Waals surface area contributed by atoms with Gasteiger partial charge in [0.1, 0.15) is 5.75 Å². The lowest BCUT2D eigenvalue weighted by Gasteiger charge is -2.05. The molecule has 3 rings (SSSR count). The smallest absolute Gasteiger partial charge is 0.122 e. The molecule has 1 aliphatic heterocycles. The maximum absolute atomic E-state index is 5.57. The number of fused-ring (bicyclic) bond motifs is 1. The zero-order valence-corrected chi connectivity index (χ0v) is 8.42. The Morgan fingerprint density at radius 3 is 3.14 bits per heavy atom. The summed E-state index contributed by atoms with van der Waals surface area (Å²) >= 11 is 0. The Morgan fingerprint density at radius 2 is 2.36 bits per heavy atom. The van der Waals surface area contributed by atoms with Crippen LogP contribution in [0.2, 0.25) is 0 Å². The summed E-state index contributed by atoms with van der Waals surface area (Å²) in [6.07, 6.45) is 2.38. The van der Waals surface area contributed by atoms with E-state index in [1.165, 1.54) is 17.5 Å². The molecule has 1 fully saturated rings. The highest BCUT2D eigenvalue weighted by Crippen LogP contribution is 2.45. The zero-order chi connectivity index (χ0) is 9.54. The summed E-state index contributed by atoms with van der Waals surface area (Å²) in [5.74, 6) is 1.85. The van der Waals surface area contributed by atoms with Crippen molar-refractivity contribution in [1.82, 2.24) is 5.32 Å². The second-order valence-corrected chi connectivity index (χ2v) is 4.16. The van der Waals surface area contributed by atoms with Crippen LogP contribution in [-0.4, -0.2) is 19.7 Å². The number of hydrogen-bond donors (Lipinski definition) is 1. The third kappa shape index (κ3) is 1.14. The van der Waals surface area contributed by atoms with Gasteiger partial charge in [0, 0.05) is 23.9 Å². The van der Waals surface area contributed by atoms with Gasteiger partial charge in [-0.25, -0.2) is 0 Å². The lowest BCUT2D eigenvalue weighted by atomic mass is 10.0. The molecule has 0 aromatic heterocycles. The first kappa shape index (κ1) is 8.30. The molecule has 1 aromatic rings. The van der Waals surface area contributed by atoms with Gasteiger partial charge < -0.3 is 10.1 Å². The Labute approximate surface area is 84.3 Å². The average molecular weight is 189 g/mol. The molecular weight excluding hydrogens is 174 g/mol. The molecule has 1 aliphatic carbocycles. The predicted molar refractivity (Wildman–Crippen MR) is 55.8 cm³/mol. The van der Waals surface area contributed by atoms with Crippen molar-refractivity contribution in [3.8, 4) is 5.75 Å². The molecule has 1 heterocycles. The molecule has 1 N–H and O–H groups in total. The molecule has 0 radical (unpaired) electrons. The molecule has 2 aliphatic rings. The minimum absolute atomic E-state index is 0.696. The summed E-state index contributed by atoms with van der Waals surface area (Å²) in [6.45, 7) is 0.864. The fourth-order valence-corrected chi connectivity index (χ4v) is 2.45. The first-order valence-corrected chi connectivity index (χ1v) is 5.32. The van der Waals surface area contributed by atoms with Crippen molar-refractivity contribution in [3.05, 3.63) is 29.3 Å². The van der Waals surface area contributed by atoms with Crippen LogP contribution in [0.25, 0.3) is 0 Å². The van der Waals surface area contributed by atoms with E-state index in [0.29, 0.717) is 6.04 Å². The van der Waals surface area contributed by atoms with E-state index in [0.717, 1.165) is 24.7 Å². The number of rotatable bonds is 2. The van der Waals surface area contributed by atoms with Gasteiger partial charge in [-0.05, 0) is 25.1 Å². The van der Waals surface area contributed by atoms with Crippen molar-refractivity contribution in [1.29, 1.82) is 0 Å². The van der Waals surface area contributed by atoms with Gasteiger partial charge in [-0.1, -0.05) is 12.1 Å². The maximum Gasteiger partial charge on any atom is 0.122 e. The molecular formula is C12H15NO. The van der Waals surface area contributed by atoms with Crippen LogP contribution in [0.15, 0.2) is 18.2 Å². The number of likely N-dealkylation sites (N-methyl/N-ethyl adjacent to an activating group) is 1. The van der Waals surface area contributed by atoms with Crippen LogP contribution in [0.5, 0.6) is 5.75 Å². The Morgan fingerprint density at radius 1 is 1.43 bits per heavy atom. The van der Waals surface area contributed by atoms with Gasteiger partial charge in [-0.2, -0.15) is 0 Å². The van der Waals surface area contributed by atoms with Crippen LogP contribution in [0.1, 0.15) is 23.5 Å². The SMILES string of the molecule is CNC1CC1c1cccc2c1CCO2. The van der Waals surface area contributed by atoms with Crippen LogP contribution in [0, 0.1) is 0 Å². The normalized spacial score (nSPS) is 28.4. The molecule has 2 heteroatoms. The van der Waals surface area contributed by atoms with Crippen molar-refractivity contribution >= 4 is 0 Å². The van der Waals surface area contributed by atoms with Gasteiger partial charge >= 0.3 is 0 Å². The number of benzene rings is 1. The Bertz CT molecular complexity index is 361. The molecule has 2 unspecified atom stereocenters. The molecule has 14 heavy (non-hydrogen) atoms. The molecule has 1 saturated carbocycles. The highest BCUT2D eigenvalue weighted by Gasteiger charge is 2.39. The summed E-state index contributed by atoms with van der Waals surface area (Å²) in [7, 11) is 2.05. The minimum Gasteiger partial charge on any atom is -0.493 e. The predicted octanol–water partition coefficient (Wildman–Crippen LogP) is 1.70. The van der Waals surface area contributed by atoms with E-state index < -0.39 is 0 Å². The lowest BCUT2D eigenvalue weighted by molar-refractivity contribution is 0.357. The van der Waals surface area contributed by atoms with Gasteiger partial charge in [-0.3, -0.25) is 0 Å². The zero-order valence-electron chi connectivity index (χ0n) is 8.42. The highest BCUT2D eigenvalue weighted by molar-refractivity contribution is 5.46. The fourth-order valence-electron chi connectivity index (χ4n) is 2.45. The molecule has 0 bridgehead atoms. The maximum atomic E-state index is 5.57. The average Bonchev–Trinajstić information content (AvgIpc) is 2.85. The molecule has 0 saturated heterocycles. The first-order chi connectivity index (χ1) is 6.90. The van der Waals surface area contributed by atoms with Crippen LogP contribution in [0.3, 0.4) is 0 Å². The third-order valence-electron chi connectivity index (χ3n) is 3.34. The van der Waals surface area contributed by atoms with Crippen LogP contribution in [0.4, 0.5) is 0 Å². The summed E-state index contributed by atoms with van der Waals surface area (Å²) in [6, 6.07) is 7.16. The summed E-state index contributed by atoms with van der Waals surface area (Å²) in [4.78, 5) is 0. The molecule has 74 valence electrons. The monoisotopic (exact) mass is 189 g/mol. The standard InChI is InChI=1S/C12H15NO/c1-13-11-7-10(11)8-3-2-4-12-9(8)5-6-14-12/h2-4,10-11,13H,5-7H2,1H3. The van der Waals surface area contributed by atoms with Crippen molar-refractivity contribution in [2.75, 3.05) is 13.7 Å². The topological polar surface area (TPSA) is 21.3 Å². The van der Waals surface area contributed by atoms with Crippen molar-refractivity contribution in [3.63, 3.8) is 0 Å². The van der Waals surface area contributed by atoms with Gasteiger partial charge in [0.05, 0.1) is 6.61 Å². The van der Waals surface area contributed by atoms with Gasteiger partial charge in [0.25, 0.3) is 0 Å². The number of hydrogen-bond acceptors (Lipinski definition) is 2. The third-order valence-corrected chi connectivity index (χ3v) is 3.34. The quantitative estimate of drug-likeness (QED) is 0.764. The largest absolute Gasteiger partial charge is 0.493 e. The van der Waals surface area contributed by atoms with Crippen molar-refractivity contribution < 1.29 is 4.74 Å². The molecule has 2 nitrogen and oxygen atoms in total. The minimum atomic E-state index is 0.696. The molecule has 1 aromatic carbocycles. The Hall–Kier alpha value is -1.02. The van der Waals surface area contributed by atoms with Crippen LogP contribution in [-0.2, 0) is 6.42 Å². The Kier molecular flexibility index (Phi) is 1.77. The van der Waals surface area contributed by atoms with Crippen molar-refractivity contribution in [2.24, 2.45) is 0 Å². The van der Waals surface area contributed by atoms with Gasteiger partial charge in [0.15, 0.2) is 0 Å². The Balaban J connectivity index is 1.95. The summed E-state index contributed by atoms with van der Waals surface area (Å²) in [5.41, 5.74) is 2.97. The van der Waals surface area contributed by atoms with E-state index in [-0.39, 0.29) is 0 Å². The fraction of sp³-hybridized carbons (Fsp3) is 0.500. The van der Waals surface area contributed by atoms with Crippen molar-refractivity contribution in [2.45, 2.75) is 24.8 Å². The molecule has 0 spiro atoms. The van der Waals surface area contributed by atoms with E-state index in [1.54, 1.807) is 0 Å². The highest BCUT2D eigenvalue weighted by atomic mass is 16.5. The van der Waals surface area contributed by atoms with E-state index in [2.05, 4.69) is 23.5 Å². The number of nitrogens with one attached hydrogen (secondary N) is 1. The van der Waals surface area contributed by atoms with Gasteiger partial charge in [0.2, 0.25) is 0 Å². The summed E-state index contributed by atoms with van der Waals surface area (Å²) < 4.78 is 5.57. The first-order valence-electron chi connectivity index (χ1n) is 5.32. The van der Waals surface area contributed by atoms with E-state index >= 15 is 0 Å². The van der Waals surface area contributed by atoms with Crippen LogP contribution < -0.4 is 10.1 Å². The lowest BCUT2D eigenvalue weighted by Crippen LogP contribution is -2.10. The van der Waals surface area contributed by atoms with E-state index in [9.17, 15) is 0 Å². The van der Waals surface area contributed by atoms with Crippen LogP contribution >= 0.6 is 0 Å². The van der Waals surface area contributed by atoms with E-state index in [1.807, 2.05) is 7.05 Å². The molecule has 0 amide bonds.